The number of methoxy groups -OCH3 is 1. The van der Waals surface area contributed by atoms with E-state index in [9.17, 15) is 9.90 Å². The number of amides is 1. The van der Waals surface area contributed by atoms with Gasteiger partial charge in [-0.1, -0.05) is 0 Å². The summed E-state index contributed by atoms with van der Waals surface area (Å²) in [4.78, 5) is 17.4. The zero-order valence-electron chi connectivity index (χ0n) is 15.3. The number of aryl methyl sites for hydroxylation is 1. The molecule has 2 N–H and O–H groups in total. The molecule has 3 aromatic rings. The lowest BCUT2D eigenvalue weighted by molar-refractivity contribution is 0.0945. The summed E-state index contributed by atoms with van der Waals surface area (Å²) < 4.78 is 21.8. The van der Waals surface area contributed by atoms with Crippen molar-refractivity contribution in [2.24, 2.45) is 0 Å². The molecule has 0 aliphatic carbocycles. The highest BCUT2D eigenvalue weighted by Gasteiger charge is 2.24. The zero-order chi connectivity index (χ0) is 19.7. The number of carbonyl (C=O) groups excluding carboxylic acids is 1. The molecule has 3 heterocycles. The lowest BCUT2D eigenvalue weighted by atomic mass is 10.2. The number of nitrogens with one attached hydrogen (secondary N) is 1. The topological polar surface area (TPSA) is 103 Å². The third-order valence-electron chi connectivity index (χ3n) is 4.24. The Morgan fingerprint density at radius 1 is 1.36 bits per heavy atom. The molecular weight excluding hydrogens is 384 g/mol. The molecule has 1 aliphatic heterocycles. The average Bonchev–Trinajstić information content (AvgIpc) is 3.30. The Hall–Kier alpha value is -3.20. The highest BCUT2D eigenvalue weighted by atomic mass is 32.1. The number of phenols is 1. The molecular formula is C19H18N2O6S. The normalized spacial score (nSPS) is 12.6. The molecule has 0 bridgehead atoms. The molecule has 2 aromatic heterocycles. The fraction of sp³-hybridized carbons (Fsp3) is 0.263. The monoisotopic (exact) mass is 402 g/mol. The van der Waals surface area contributed by atoms with E-state index in [0.717, 1.165) is 0 Å². The molecule has 9 heteroatoms. The number of benzene rings is 1. The lowest BCUT2D eigenvalue weighted by Crippen LogP contribution is -2.24. The fourth-order valence-electron chi connectivity index (χ4n) is 2.79. The number of phenolic OH excluding ortho intramolecular Hbond substituents is 1. The Kier molecular flexibility index (Phi) is 4.82. The third kappa shape index (κ3) is 3.36. The molecule has 8 nitrogen and oxygen atoms in total. The van der Waals surface area contributed by atoms with Gasteiger partial charge in [0.25, 0.3) is 5.91 Å². The van der Waals surface area contributed by atoms with E-state index in [1.807, 2.05) is 0 Å². The molecule has 0 saturated carbocycles. The van der Waals surface area contributed by atoms with E-state index < -0.39 is 0 Å². The Bertz CT molecular complexity index is 1030. The minimum absolute atomic E-state index is 0.0347. The number of hydrogen-bond donors (Lipinski definition) is 2. The van der Waals surface area contributed by atoms with Crippen molar-refractivity contribution in [2.75, 3.05) is 20.3 Å². The number of aromatic nitrogens is 1. The number of aromatic hydroxyl groups is 1. The van der Waals surface area contributed by atoms with Crippen molar-refractivity contribution in [2.45, 2.75) is 13.5 Å². The first-order valence-electron chi connectivity index (χ1n) is 8.55. The first-order valence-corrected chi connectivity index (χ1v) is 9.43. The Morgan fingerprint density at radius 2 is 2.18 bits per heavy atom. The first kappa shape index (κ1) is 18.2. The fourth-order valence-corrected chi connectivity index (χ4v) is 3.64. The lowest BCUT2D eigenvalue weighted by Gasteiger charge is -2.15. The maximum absolute atomic E-state index is 12.5. The summed E-state index contributed by atoms with van der Waals surface area (Å²) in [5.74, 6) is 2.16. The van der Waals surface area contributed by atoms with Crippen molar-refractivity contribution in [3.8, 4) is 34.5 Å². The summed E-state index contributed by atoms with van der Waals surface area (Å²) in [5, 5.41) is 14.3. The smallest absolute Gasteiger partial charge is 0.265 e. The van der Waals surface area contributed by atoms with Crippen LogP contribution in [0.15, 0.2) is 28.0 Å². The van der Waals surface area contributed by atoms with E-state index in [4.69, 9.17) is 18.6 Å². The van der Waals surface area contributed by atoms with Crippen molar-refractivity contribution in [3.63, 3.8) is 0 Å². The summed E-state index contributed by atoms with van der Waals surface area (Å²) in [6.07, 6.45) is 0. The van der Waals surface area contributed by atoms with Crippen molar-refractivity contribution in [1.29, 1.82) is 0 Å². The molecule has 0 saturated heterocycles. The van der Waals surface area contributed by atoms with E-state index in [0.29, 0.717) is 58.2 Å². The molecule has 0 spiro atoms. The van der Waals surface area contributed by atoms with Gasteiger partial charge < -0.3 is 29.1 Å². The van der Waals surface area contributed by atoms with Gasteiger partial charge >= 0.3 is 0 Å². The zero-order valence-corrected chi connectivity index (χ0v) is 16.1. The standard InChI is InChI=1S/C19H18N2O6S/c1-10-12(21-19(27-10)11-3-4-13(22)14(7-11)24-2)8-20-18(23)17-16-15(9-28-17)25-5-6-26-16/h3-4,7,9,22H,5-6,8H2,1-2H3,(H,20,23). The van der Waals surface area contributed by atoms with E-state index in [-0.39, 0.29) is 18.2 Å². The SMILES string of the molecule is COc1cc(-c2nc(CNC(=O)c3scc4c3OCCO4)c(C)o2)ccc1O. The summed E-state index contributed by atoms with van der Waals surface area (Å²) >= 11 is 1.28. The predicted octanol–water partition coefficient (Wildman–Crippen LogP) is 3.13. The second-order valence-electron chi connectivity index (χ2n) is 6.05. The Balaban J connectivity index is 1.49. The molecule has 146 valence electrons. The first-order chi connectivity index (χ1) is 13.6. The molecule has 0 atom stereocenters. The second-order valence-corrected chi connectivity index (χ2v) is 6.93. The second kappa shape index (κ2) is 7.43. The van der Waals surface area contributed by atoms with Crippen LogP contribution in [0.4, 0.5) is 0 Å². The highest BCUT2D eigenvalue weighted by Crippen LogP contribution is 2.39. The quantitative estimate of drug-likeness (QED) is 0.676. The molecule has 1 amide bonds. The van der Waals surface area contributed by atoms with E-state index in [1.165, 1.54) is 24.5 Å². The van der Waals surface area contributed by atoms with E-state index >= 15 is 0 Å². The van der Waals surface area contributed by atoms with Gasteiger partial charge in [-0.05, 0) is 25.1 Å². The van der Waals surface area contributed by atoms with Crippen LogP contribution in [0.25, 0.3) is 11.5 Å². The number of carbonyl (C=O) groups is 1. The molecule has 1 aliphatic rings. The molecule has 4 rings (SSSR count). The van der Waals surface area contributed by atoms with E-state index in [2.05, 4.69) is 10.3 Å². The number of hydrogen-bond acceptors (Lipinski definition) is 8. The summed E-state index contributed by atoms with van der Waals surface area (Å²) in [6, 6.07) is 4.83. The van der Waals surface area contributed by atoms with Crippen molar-refractivity contribution < 1.29 is 28.5 Å². The molecule has 1 aromatic carbocycles. The number of ether oxygens (including phenoxy) is 3. The van der Waals surface area contributed by atoms with Gasteiger partial charge in [0.2, 0.25) is 5.89 Å². The largest absolute Gasteiger partial charge is 0.504 e. The van der Waals surface area contributed by atoms with Crippen LogP contribution in [-0.2, 0) is 6.54 Å². The highest BCUT2D eigenvalue weighted by molar-refractivity contribution is 7.12. The summed E-state index contributed by atoms with van der Waals surface area (Å²) in [5.41, 5.74) is 1.27. The third-order valence-corrected chi connectivity index (χ3v) is 5.18. The van der Waals surface area contributed by atoms with Gasteiger partial charge in [0, 0.05) is 10.9 Å². The Labute approximate surface area is 164 Å². The molecule has 28 heavy (non-hydrogen) atoms. The van der Waals surface area contributed by atoms with Gasteiger partial charge in [0.05, 0.1) is 13.7 Å². The molecule has 0 radical (unpaired) electrons. The average molecular weight is 402 g/mol. The number of fused-ring (bicyclic) bond motifs is 1. The van der Waals surface area contributed by atoms with Gasteiger partial charge in [-0.25, -0.2) is 4.98 Å². The van der Waals surface area contributed by atoms with Crippen LogP contribution in [0.3, 0.4) is 0 Å². The van der Waals surface area contributed by atoms with Gasteiger partial charge in [-0.3, -0.25) is 4.79 Å². The number of oxazole rings is 1. The van der Waals surface area contributed by atoms with Gasteiger partial charge in [0.1, 0.15) is 29.5 Å². The van der Waals surface area contributed by atoms with Gasteiger partial charge in [-0.15, -0.1) is 11.3 Å². The minimum Gasteiger partial charge on any atom is -0.504 e. The van der Waals surface area contributed by atoms with Crippen molar-refractivity contribution in [1.82, 2.24) is 10.3 Å². The number of thiophene rings is 1. The van der Waals surface area contributed by atoms with Crippen LogP contribution < -0.4 is 19.5 Å². The van der Waals surface area contributed by atoms with Crippen molar-refractivity contribution >= 4 is 17.2 Å². The summed E-state index contributed by atoms with van der Waals surface area (Å²) in [7, 11) is 1.47. The van der Waals surface area contributed by atoms with Crippen LogP contribution in [0, 0.1) is 6.92 Å². The van der Waals surface area contributed by atoms with Crippen LogP contribution in [0.5, 0.6) is 23.0 Å². The minimum atomic E-state index is -0.257. The van der Waals surface area contributed by atoms with Gasteiger partial charge in [0.15, 0.2) is 23.0 Å². The van der Waals surface area contributed by atoms with Gasteiger partial charge in [-0.2, -0.15) is 0 Å². The molecule has 0 fully saturated rings. The Morgan fingerprint density at radius 3 is 3.00 bits per heavy atom. The molecule has 0 unspecified atom stereocenters. The van der Waals surface area contributed by atoms with Crippen molar-refractivity contribution in [3.05, 3.63) is 39.9 Å². The summed E-state index contributed by atoms with van der Waals surface area (Å²) in [6.45, 7) is 2.89. The predicted molar refractivity (Wildman–Crippen MR) is 101 cm³/mol. The number of nitrogens with zero attached hydrogens (tertiary/aromatic N) is 1. The van der Waals surface area contributed by atoms with E-state index in [1.54, 1.807) is 24.4 Å². The maximum atomic E-state index is 12.5. The van der Waals surface area contributed by atoms with Crippen LogP contribution in [-0.4, -0.2) is 36.3 Å². The van der Waals surface area contributed by atoms with Crippen LogP contribution >= 0.6 is 11.3 Å². The van der Waals surface area contributed by atoms with Crippen LogP contribution in [0.2, 0.25) is 0 Å². The maximum Gasteiger partial charge on any atom is 0.265 e. The number of rotatable bonds is 5. The van der Waals surface area contributed by atoms with Crippen LogP contribution in [0.1, 0.15) is 21.1 Å².